The molecule has 8 nitrogen and oxygen atoms in total. The Balaban J connectivity index is 1.91. The molecule has 0 aliphatic rings. The van der Waals surface area contributed by atoms with Gasteiger partial charge >= 0.3 is 12.2 Å². The molecular formula is C17H11ClF3N5O3. The molecule has 0 saturated heterocycles. The van der Waals surface area contributed by atoms with Crippen molar-refractivity contribution in [2.75, 3.05) is 10.6 Å². The van der Waals surface area contributed by atoms with E-state index >= 15 is 0 Å². The van der Waals surface area contributed by atoms with Gasteiger partial charge in [0.1, 0.15) is 0 Å². The molecule has 0 aliphatic heterocycles. The average Bonchev–Trinajstić information content (AvgIpc) is 3.07. The molecule has 3 aromatic rings. The Hall–Kier alpha value is -3.60. The number of rotatable bonds is 4. The summed E-state index contributed by atoms with van der Waals surface area (Å²) in [6.45, 7) is 0. The average molecular weight is 426 g/mol. The molecule has 0 saturated carbocycles. The Morgan fingerprint density at radius 3 is 2.28 bits per heavy atom. The maximum Gasteiger partial charge on any atom is 0.435 e. The number of nitrogens with one attached hydrogen (secondary N) is 2. The second-order valence-corrected chi connectivity index (χ2v) is 6.06. The highest BCUT2D eigenvalue weighted by Gasteiger charge is 2.39. The first-order valence-corrected chi connectivity index (χ1v) is 8.27. The van der Waals surface area contributed by atoms with Crippen LogP contribution < -0.4 is 10.6 Å². The third-order valence-electron chi connectivity index (χ3n) is 3.71. The number of hydrogen-bond acceptors (Lipinski definition) is 4. The first-order chi connectivity index (χ1) is 13.7. The summed E-state index contributed by atoms with van der Waals surface area (Å²) in [5, 5.41) is 19.0. The minimum atomic E-state index is -4.87. The van der Waals surface area contributed by atoms with Gasteiger partial charge in [0.25, 0.3) is 5.69 Å². The molecule has 29 heavy (non-hydrogen) atoms. The van der Waals surface area contributed by atoms with Crippen molar-refractivity contribution in [3.05, 3.63) is 75.6 Å². The van der Waals surface area contributed by atoms with Gasteiger partial charge in [-0.25, -0.2) is 9.48 Å². The summed E-state index contributed by atoms with van der Waals surface area (Å²) in [7, 11) is 0. The van der Waals surface area contributed by atoms with E-state index in [1.165, 1.54) is 12.1 Å². The molecule has 0 fully saturated rings. The summed E-state index contributed by atoms with van der Waals surface area (Å²) in [6, 6.07) is 9.59. The van der Waals surface area contributed by atoms with E-state index in [1.807, 2.05) is 0 Å². The number of nitrogens with zero attached hydrogens (tertiary/aromatic N) is 3. The lowest BCUT2D eigenvalue weighted by Gasteiger charge is -2.14. The topological polar surface area (TPSA) is 102 Å². The second kappa shape index (κ2) is 7.80. The second-order valence-electron chi connectivity index (χ2n) is 5.65. The number of aromatic nitrogens is 2. The summed E-state index contributed by atoms with van der Waals surface area (Å²) >= 11 is 5.91. The molecular weight excluding hydrogens is 415 g/mol. The fourth-order valence-corrected chi connectivity index (χ4v) is 2.65. The van der Waals surface area contributed by atoms with E-state index in [9.17, 15) is 28.1 Å². The molecule has 0 unspecified atom stereocenters. The first kappa shape index (κ1) is 20.1. The fourth-order valence-electron chi connectivity index (χ4n) is 2.46. The van der Waals surface area contributed by atoms with Crippen LogP contribution in [0.4, 0.5) is 35.0 Å². The summed E-state index contributed by atoms with van der Waals surface area (Å²) in [5.41, 5.74) is -1.99. The maximum atomic E-state index is 13.6. The molecule has 0 atom stereocenters. The van der Waals surface area contributed by atoms with Crippen LogP contribution in [-0.2, 0) is 6.18 Å². The molecule has 0 bridgehead atoms. The van der Waals surface area contributed by atoms with Gasteiger partial charge < -0.3 is 10.6 Å². The lowest BCUT2D eigenvalue weighted by molar-refractivity contribution is -0.384. The van der Waals surface area contributed by atoms with Crippen LogP contribution in [-0.4, -0.2) is 20.7 Å². The largest absolute Gasteiger partial charge is 0.435 e. The van der Waals surface area contributed by atoms with Gasteiger partial charge in [-0.05, 0) is 24.3 Å². The number of para-hydroxylation sites is 1. The zero-order valence-corrected chi connectivity index (χ0v) is 15.0. The van der Waals surface area contributed by atoms with Crippen LogP contribution in [0.25, 0.3) is 5.69 Å². The number of halogens is 4. The highest BCUT2D eigenvalue weighted by molar-refractivity contribution is 6.33. The third-order valence-corrected chi connectivity index (χ3v) is 4.04. The Kier molecular flexibility index (Phi) is 5.41. The SMILES string of the molecule is O=C(Nc1ccccc1Cl)Nc1cnn(-c2ccc([N+](=O)[O-])cc2)c1C(F)(F)F. The van der Waals surface area contributed by atoms with Gasteiger partial charge in [0.15, 0.2) is 5.69 Å². The minimum Gasteiger partial charge on any atom is -0.306 e. The quantitative estimate of drug-likeness (QED) is 0.448. The molecule has 150 valence electrons. The van der Waals surface area contributed by atoms with Gasteiger partial charge in [-0.1, -0.05) is 23.7 Å². The number of carbonyl (C=O) groups excluding carboxylic acids is 1. The van der Waals surface area contributed by atoms with Gasteiger partial charge in [-0.15, -0.1) is 0 Å². The number of amides is 2. The molecule has 2 amide bonds. The van der Waals surface area contributed by atoms with Crippen LogP contribution in [0.3, 0.4) is 0 Å². The van der Waals surface area contributed by atoms with Crippen LogP contribution in [0, 0.1) is 10.1 Å². The standard InChI is InChI=1S/C17H11ClF3N5O3/c18-12-3-1-2-4-13(12)23-16(27)24-14-9-22-25(15(14)17(19,20)21)10-5-7-11(8-6-10)26(28)29/h1-9H,(H2,23,24,27). The molecule has 2 aromatic carbocycles. The van der Waals surface area contributed by atoms with E-state index in [0.29, 0.717) is 4.68 Å². The number of urea groups is 1. The van der Waals surface area contributed by atoms with Crippen molar-refractivity contribution in [3.8, 4) is 5.69 Å². The zero-order chi connectivity index (χ0) is 21.2. The number of nitro benzene ring substituents is 1. The van der Waals surface area contributed by atoms with Crippen LogP contribution in [0.2, 0.25) is 5.02 Å². The third kappa shape index (κ3) is 4.46. The summed E-state index contributed by atoms with van der Waals surface area (Å²) < 4.78 is 41.4. The Morgan fingerprint density at radius 1 is 1.07 bits per heavy atom. The van der Waals surface area contributed by atoms with E-state index in [2.05, 4.69) is 15.7 Å². The summed E-state index contributed by atoms with van der Waals surface area (Å²) in [5.74, 6) is 0. The lowest BCUT2D eigenvalue weighted by atomic mass is 10.2. The van der Waals surface area contributed by atoms with Gasteiger partial charge in [-0.3, -0.25) is 10.1 Å². The molecule has 2 N–H and O–H groups in total. The van der Waals surface area contributed by atoms with Crippen molar-refractivity contribution in [1.82, 2.24) is 9.78 Å². The summed E-state index contributed by atoms with van der Waals surface area (Å²) in [6.07, 6.45) is -4.04. The van der Waals surface area contributed by atoms with Crippen LogP contribution in [0.5, 0.6) is 0 Å². The monoisotopic (exact) mass is 425 g/mol. The fraction of sp³-hybridized carbons (Fsp3) is 0.0588. The number of carbonyl (C=O) groups is 1. The molecule has 0 aliphatic carbocycles. The number of hydrogen-bond donors (Lipinski definition) is 2. The highest BCUT2D eigenvalue weighted by atomic mass is 35.5. The lowest BCUT2D eigenvalue weighted by Crippen LogP contribution is -2.22. The van der Waals surface area contributed by atoms with Crippen LogP contribution in [0.15, 0.2) is 54.7 Å². The molecule has 1 aromatic heterocycles. The number of anilines is 2. The number of benzene rings is 2. The number of alkyl halides is 3. The Morgan fingerprint density at radius 2 is 1.69 bits per heavy atom. The number of nitro groups is 1. The maximum absolute atomic E-state index is 13.6. The van der Waals surface area contributed by atoms with Crippen LogP contribution >= 0.6 is 11.6 Å². The predicted molar refractivity (Wildman–Crippen MR) is 99.3 cm³/mol. The summed E-state index contributed by atoms with van der Waals surface area (Å²) in [4.78, 5) is 22.2. The molecule has 0 radical (unpaired) electrons. The Bertz CT molecular complexity index is 1070. The normalized spacial score (nSPS) is 11.2. The molecule has 3 rings (SSSR count). The highest BCUT2D eigenvalue weighted by Crippen LogP contribution is 2.36. The van der Waals surface area contributed by atoms with Crippen molar-refractivity contribution >= 4 is 34.7 Å². The number of non-ortho nitro benzene ring substituents is 1. The van der Waals surface area contributed by atoms with Gasteiger partial charge in [-0.2, -0.15) is 18.3 Å². The van der Waals surface area contributed by atoms with Crippen molar-refractivity contribution in [1.29, 1.82) is 0 Å². The minimum absolute atomic E-state index is 0.0671. The first-order valence-electron chi connectivity index (χ1n) is 7.89. The van der Waals surface area contributed by atoms with E-state index in [1.54, 1.807) is 12.1 Å². The predicted octanol–water partition coefficient (Wildman–Crippen LogP) is 5.10. The molecule has 0 spiro atoms. The molecule has 12 heteroatoms. The Labute approximate surface area is 166 Å². The smallest absolute Gasteiger partial charge is 0.306 e. The van der Waals surface area contributed by atoms with E-state index in [-0.39, 0.29) is 22.1 Å². The van der Waals surface area contributed by atoms with E-state index < -0.39 is 28.5 Å². The van der Waals surface area contributed by atoms with Crippen molar-refractivity contribution in [3.63, 3.8) is 0 Å². The van der Waals surface area contributed by atoms with E-state index in [0.717, 1.165) is 30.5 Å². The zero-order valence-electron chi connectivity index (χ0n) is 14.3. The van der Waals surface area contributed by atoms with Crippen molar-refractivity contribution in [2.24, 2.45) is 0 Å². The van der Waals surface area contributed by atoms with Gasteiger partial charge in [0, 0.05) is 12.1 Å². The van der Waals surface area contributed by atoms with Gasteiger partial charge in [0.2, 0.25) is 0 Å². The van der Waals surface area contributed by atoms with Crippen LogP contribution in [0.1, 0.15) is 5.69 Å². The molecule has 1 heterocycles. The van der Waals surface area contributed by atoms with E-state index in [4.69, 9.17) is 11.6 Å². The van der Waals surface area contributed by atoms with Crippen molar-refractivity contribution < 1.29 is 22.9 Å². The van der Waals surface area contributed by atoms with Gasteiger partial charge in [0.05, 0.1) is 33.2 Å². The van der Waals surface area contributed by atoms with Crippen molar-refractivity contribution in [2.45, 2.75) is 6.18 Å².